The summed E-state index contributed by atoms with van der Waals surface area (Å²) in [6.45, 7) is 0.249. The Morgan fingerprint density at radius 1 is 1.14 bits per heavy atom. The third kappa shape index (κ3) is 7.29. The molecule has 10 nitrogen and oxygen atoms in total. The quantitative estimate of drug-likeness (QED) is 0.323. The van der Waals surface area contributed by atoms with E-state index in [9.17, 15) is 24.0 Å². The average Bonchev–Trinajstić information content (AvgIpc) is 3.30. The second kappa shape index (κ2) is 12.5. The minimum atomic E-state index is -1.16. The number of amides is 4. The lowest BCUT2D eigenvalue weighted by Gasteiger charge is -2.27. The summed E-state index contributed by atoms with van der Waals surface area (Å²) < 4.78 is 5.69. The zero-order valence-electron chi connectivity index (χ0n) is 20.6. The van der Waals surface area contributed by atoms with Crippen LogP contribution in [0.3, 0.4) is 0 Å². The van der Waals surface area contributed by atoms with Crippen LogP contribution in [-0.2, 0) is 28.7 Å². The first kappa shape index (κ1) is 27.1. The van der Waals surface area contributed by atoms with E-state index in [-0.39, 0.29) is 37.6 Å². The fourth-order valence-corrected chi connectivity index (χ4v) is 5.30. The molecule has 2 fully saturated rings. The van der Waals surface area contributed by atoms with E-state index in [1.165, 1.54) is 0 Å². The van der Waals surface area contributed by atoms with Gasteiger partial charge in [-0.15, -0.1) is 0 Å². The molecule has 4 N–H and O–H groups in total. The van der Waals surface area contributed by atoms with Crippen LogP contribution in [0.25, 0.3) is 0 Å². The molecule has 4 aliphatic rings. The highest BCUT2D eigenvalue weighted by atomic mass is 35.5. The van der Waals surface area contributed by atoms with Crippen LogP contribution in [0, 0.1) is 11.8 Å². The molecule has 200 valence electrons. The first-order valence-electron chi connectivity index (χ1n) is 12.9. The molecule has 0 spiro atoms. The van der Waals surface area contributed by atoms with Gasteiger partial charge in [0.25, 0.3) is 5.91 Å². The van der Waals surface area contributed by atoms with Crippen molar-refractivity contribution in [3.8, 4) is 0 Å². The van der Waals surface area contributed by atoms with Gasteiger partial charge in [0, 0.05) is 23.5 Å². The van der Waals surface area contributed by atoms with Gasteiger partial charge < -0.3 is 26.0 Å². The van der Waals surface area contributed by atoms with Gasteiger partial charge in [0.05, 0.1) is 25.1 Å². The van der Waals surface area contributed by atoms with E-state index in [1.807, 2.05) is 6.08 Å². The Labute approximate surface area is 220 Å². The van der Waals surface area contributed by atoms with Crippen LogP contribution >= 0.6 is 11.6 Å². The molecule has 4 unspecified atom stereocenters. The molecule has 1 saturated heterocycles. The van der Waals surface area contributed by atoms with Crippen LogP contribution in [0.5, 0.6) is 0 Å². The molecule has 37 heavy (non-hydrogen) atoms. The Morgan fingerprint density at radius 2 is 1.92 bits per heavy atom. The lowest BCUT2D eigenvalue weighted by molar-refractivity contribution is -0.141. The molecule has 0 aromatic heterocycles. The third-order valence-corrected chi connectivity index (χ3v) is 7.41. The minimum Gasteiger partial charge on any atom is -0.368 e. The summed E-state index contributed by atoms with van der Waals surface area (Å²) in [5, 5.41) is 11.1. The van der Waals surface area contributed by atoms with Gasteiger partial charge in [-0.25, -0.2) is 0 Å². The Morgan fingerprint density at radius 3 is 2.65 bits per heavy atom. The van der Waals surface area contributed by atoms with E-state index in [0.717, 1.165) is 37.7 Å². The summed E-state index contributed by atoms with van der Waals surface area (Å²) >= 11 is 6.03. The first-order valence-corrected chi connectivity index (χ1v) is 13.3. The molecule has 4 atom stereocenters. The van der Waals surface area contributed by atoms with Crippen LogP contribution < -0.4 is 21.3 Å². The maximum absolute atomic E-state index is 13.0. The Kier molecular flexibility index (Phi) is 9.15. The second-order valence-electron chi connectivity index (χ2n) is 9.94. The molecule has 0 aromatic carbocycles. The lowest BCUT2D eigenvalue weighted by atomic mass is 9.93. The van der Waals surface area contributed by atoms with Crippen LogP contribution in [0.2, 0.25) is 0 Å². The summed E-state index contributed by atoms with van der Waals surface area (Å²) in [4.78, 5) is 63.1. The highest BCUT2D eigenvalue weighted by Crippen LogP contribution is 2.27. The second-order valence-corrected chi connectivity index (χ2v) is 10.4. The Balaban J connectivity index is 1.33. The van der Waals surface area contributed by atoms with E-state index >= 15 is 0 Å². The Hall–Kier alpha value is -2.98. The molecular formula is C26H33ClN4O6. The number of hydrogen-bond donors (Lipinski definition) is 4. The summed E-state index contributed by atoms with van der Waals surface area (Å²) in [5.74, 6) is -3.86. The fourth-order valence-electron chi connectivity index (χ4n) is 5.11. The molecule has 4 rings (SSSR count). The smallest absolute Gasteiger partial charge is 0.289 e. The Bertz CT molecular complexity index is 1030. The molecule has 2 aliphatic heterocycles. The number of carbonyl (C=O) groups is 5. The molecular weight excluding hydrogens is 500 g/mol. The summed E-state index contributed by atoms with van der Waals surface area (Å²) in [6, 6.07) is -1.23. The van der Waals surface area contributed by atoms with Crippen molar-refractivity contribution in [2.75, 3.05) is 19.7 Å². The normalized spacial score (nSPS) is 26.2. The molecule has 0 aromatic rings. The van der Waals surface area contributed by atoms with Crippen molar-refractivity contribution < 1.29 is 28.7 Å². The lowest BCUT2D eigenvalue weighted by Crippen LogP contribution is -2.52. The van der Waals surface area contributed by atoms with Crippen molar-refractivity contribution in [1.29, 1.82) is 0 Å². The molecule has 4 amide bonds. The summed E-state index contributed by atoms with van der Waals surface area (Å²) in [7, 11) is 0. The number of nitrogens with one attached hydrogen (secondary N) is 4. The van der Waals surface area contributed by atoms with Crippen molar-refractivity contribution in [3.05, 3.63) is 34.9 Å². The zero-order valence-corrected chi connectivity index (χ0v) is 21.4. The van der Waals surface area contributed by atoms with Gasteiger partial charge in [-0.2, -0.15) is 0 Å². The summed E-state index contributed by atoms with van der Waals surface area (Å²) in [6.07, 6.45) is 12.0. The third-order valence-electron chi connectivity index (χ3n) is 7.17. The van der Waals surface area contributed by atoms with Crippen molar-refractivity contribution >= 4 is 41.0 Å². The van der Waals surface area contributed by atoms with Crippen molar-refractivity contribution in [1.82, 2.24) is 21.3 Å². The van der Waals surface area contributed by atoms with Gasteiger partial charge >= 0.3 is 0 Å². The van der Waals surface area contributed by atoms with Crippen molar-refractivity contribution in [2.24, 2.45) is 11.8 Å². The number of halogens is 1. The minimum absolute atomic E-state index is 0.0208. The van der Waals surface area contributed by atoms with Crippen molar-refractivity contribution in [2.45, 2.75) is 63.1 Å². The molecule has 1 saturated carbocycles. The van der Waals surface area contributed by atoms with Gasteiger partial charge in [0.2, 0.25) is 23.5 Å². The van der Waals surface area contributed by atoms with E-state index in [2.05, 4.69) is 21.3 Å². The van der Waals surface area contributed by atoms with Gasteiger partial charge in [-0.3, -0.25) is 24.0 Å². The first-order chi connectivity index (χ1) is 17.8. The maximum atomic E-state index is 13.0. The van der Waals surface area contributed by atoms with Gasteiger partial charge in [-0.05, 0) is 49.5 Å². The fraction of sp³-hybridized carbons (Fsp3) is 0.577. The van der Waals surface area contributed by atoms with Crippen molar-refractivity contribution in [3.63, 3.8) is 0 Å². The van der Waals surface area contributed by atoms with Crippen LogP contribution in [0.15, 0.2) is 34.9 Å². The molecule has 0 radical (unpaired) electrons. The molecule has 0 bridgehead atoms. The van der Waals surface area contributed by atoms with Crippen LogP contribution in [0.1, 0.15) is 44.9 Å². The number of rotatable bonds is 9. The highest BCUT2D eigenvalue weighted by Gasteiger charge is 2.35. The van der Waals surface area contributed by atoms with Gasteiger partial charge in [0.1, 0.15) is 6.10 Å². The molecule has 2 heterocycles. The van der Waals surface area contributed by atoms with E-state index in [0.29, 0.717) is 18.0 Å². The van der Waals surface area contributed by atoms with Crippen LogP contribution in [-0.4, -0.2) is 67.3 Å². The zero-order chi connectivity index (χ0) is 26.4. The molecule has 11 heteroatoms. The highest BCUT2D eigenvalue weighted by molar-refractivity contribution is 6.38. The number of hydrogen-bond acceptors (Lipinski definition) is 6. The number of fused-ring (bicyclic) bond motifs is 1. The SMILES string of the molecule is O=C(CNC(=O)C1C=C2C=C(Cl)C=CC2OC1)NC(CC1CCNC1=O)C(=O)C(=O)NC1CCCCC1. The topological polar surface area (TPSA) is 143 Å². The van der Waals surface area contributed by atoms with E-state index in [1.54, 1.807) is 18.2 Å². The molecule has 2 aliphatic carbocycles. The van der Waals surface area contributed by atoms with E-state index < -0.39 is 41.4 Å². The van der Waals surface area contributed by atoms with Gasteiger partial charge in [0.15, 0.2) is 0 Å². The number of carbonyl (C=O) groups excluding carboxylic acids is 5. The average molecular weight is 533 g/mol. The van der Waals surface area contributed by atoms with Gasteiger partial charge in [-0.1, -0.05) is 36.9 Å². The number of ketones is 1. The number of Topliss-reactive ketones (excluding diaryl/α,β-unsaturated/α-hetero) is 1. The van der Waals surface area contributed by atoms with E-state index in [4.69, 9.17) is 16.3 Å². The van der Waals surface area contributed by atoms with Crippen LogP contribution in [0.4, 0.5) is 0 Å². The monoisotopic (exact) mass is 532 g/mol. The number of allylic oxidation sites excluding steroid dienone is 2. The maximum Gasteiger partial charge on any atom is 0.289 e. The summed E-state index contributed by atoms with van der Waals surface area (Å²) in [5.41, 5.74) is 0.771. The number of ether oxygens (including phenoxy) is 1. The predicted molar refractivity (Wildman–Crippen MR) is 135 cm³/mol. The largest absolute Gasteiger partial charge is 0.368 e. The predicted octanol–water partition coefficient (Wildman–Crippen LogP) is 0.766. The standard InChI is InChI=1S/C26H33ClN4O6/c27-18-6-7-21-16(11-18)10-17(14-37-21)25(35)29-13-22(32)31-20(12-15-8-9-28-24(15)34)23(33)26(36)30-19-4-2-1-3-5-19/h6-7,10-11,15,17,19-21H,1-5,8-9,12-14H2,(H,28,34)(H,29,35)(H,30,36)(H,31,32).